The second-order valence-electron chi connectivity index (χ2n) is 6.94. The van der Waals surface area contributed by atoms with E-state index in [4.69, 9.17) is 0 Å². The highest BCUT2D eigenvalue weighted by Gasteiger charge is 2.28. The van der Waals surface area contributed by atoms with Gasteiger partial charge >= 0.3 is 5.69 Å². The summed E-state index contributed by atoms with van der Waals surface area (Å²) in [4.78, 5) is 17.3. The summed E-state index contributed by atoms with van der Waals surface area (Å²) in [5.41, 5.74) is 3.57. The largest absolute Gasteiger partial charge is 0.328 e. The molecular weight excluding hydrogens is 416 g/mol. The smallest absolute Gasteiger partial charge is 0.293 e. The van der Waals surface area contributed by atoms with E-state index in [0.717, 1.165) is 22.0 Å². The molecule has 4 nitrogen and oxygen atoms in total. The first-order valence-corrected chi connectivity index (χ1v) is 9.35. The quantitative estimate of drug-likeness (QED) is 0.453. The maximum absolute atomic E-state index is 14.5. The highest BCUT2D eigenvalue weighted by Crippen LogP contribution is 2.39. The van der Waals surface area contributed by atoms with E-state index in [-0.39, 0.29) is 23.2 Å². The highest BCUT2D eigenvalue weighted by atomic mass is 79.9. The van der Waals surface area contributed by atoms with Crippen LogP contribution < -0.4 is 5.69 Å². The third-order valence-corrected chi connectivity index (χ3v) is 6.30. The summed E-state index contributed by atoms with van der Waals surface area (Å²) in [6, 6.07) is 7.67. The van der Waals surface area contributed by atoms with Crippen LogP contribution in [-0.4, -0.2) is 14.1 Å². The van der Waals surface area contributed by atoms with Crippen LogP contribution >= 0.6 is 15.9 Å². The number of aromatic nitrogens is 3. The molecule has 1 aliphatic heterocycles. The molecule has 1 aliphatic rings. The molecule has 3 heterocycles. The van der Waals surface area contributed by atoms with Gasteiger partial charge in [0.25, 0.3) is 0 Å². The molecule has 0 N–H and O–H groups in total. The number of aryl methyl sites for hydroxylation is 1. The standard InChI is InChI=1S/C20H14BrF2N3O/c1-25-16-8-24-15-7-14(23)18(21)13-6-11(10-2-4-12(22)5-3-10)9-26(20(25)27)19(16)17(13)15/h2-5,7-8,11H,6,9H2,1H3. The minimum absolute atomic E-state index is 0.0948. The molecule has 0 aliphatic carbocycles. The highest BCUT2D eigenvalue weighted by molar-refractivity contribution is 9.10. The molecule has 7 heteroatoms. The molecule has 1 atom stereocenters. The zero-order valence-electron chi connectivity index (χ0n) is 14.3. The number of hydrogen-bond donors (Lipinski definition) is 0. The van der Waals surface area contributed by atoms with E-state index < -0.39 is 0 Å². The molecule has 4 aromatic rings. The van der Waals surface area contributed by atoms with Crippen LogP contribution in [0.1, 0.15) is 17.0 Å². The first kappa shape index (κ1) is 16.6. The van der Waals surface area contributed by atoms with Crippen LogP contribution in [0.2, 0.25) is 0 Å². The summed E-state index contributed by atoms with van der Waals surface area (Å²) in [6.45, 7) is 0.434. The van der Waals surface area contributed by atoms with Crippen molar-refractivity contribution in [3.63, 3.8) is 0 Å². The van der Waals surface area contributed by atoms with Crippen LogP contribution in [0.4, 0.5) is 8.78 Å². The molecular formula is C20H14BrF2N3O. The van der Waals surface area contributed by atoms with Gasteiger partial charge in [0, 0.05) is 31.0 Å². The lowest BCUT2D eigenvalue weighted by atomic mass is 9.91. The Morgan fingerprint density at radius 1 is 1.22 bits per heavy atom. The molecule has 0 spiro atoms. The van der Waals surface area contributed by atoms with Gasteiger partial charge in [-0.1, -0.05) is 12.1 Å². The van der Waals surface area contributed by atoms with Gasteiger partial charge in [0.05, 0.1) is 27.2 Å². The van der Waals surface area contributed by atoms with Gasteiger partial charge in [-0.2, -0.15) is 0 Å². The maximum atomic E-state index is 14.5. The fraction of sp³-hybridized carbons (Fsp3) is 0.200. The van der Waals surface area contributed by atoms with Gasteiger partial charge in [-0.05, 0) is 45.6 Å². The molecule has 0 fully saturated rings. The number of halogens is 3. The zero-order valence-corrected chi connectivity index (χ0v) is 15.9. The Balaban J connectivity index is 1.89. The van der Waals surface area contributed by atoms with E-state index in [1.807, 2.05) is 0 Å². The van der Waals surface area contributed by atoms with Crippen molar-refractivity contribution >= 4 is 37.9 Å². The van der Waals surface area contributed by atoms with Crippen LogP contribution in [0.5, 0.6) is 0 Å². The summed E-state index contributed by atoms with van der Waals surface area (Å²) in [6.07, 6.45) is 2.14. The summed E-state index contributed by atoms with van der Waals surface area (Å²) in [7, 11) is 1.71. The van der Waals surface area contributed by atoms with Crippen molar-refractivity contribution in [2.45, 2.75) is 18.9 Å². The van der Waals surface area contributed by atoms with E-state index in [9.17, 15) is 13.6 Å². The topological polar surface area (TPSA) is 39.8 Å². The van der Waals surface area contributed by atoms with Crippen molar-refractivity contribution in [3.8, 4) is 0 Å². The van der Waals surface area contributed by atoms with E-state index >= 15 is 0 Å². The Labute approximate surface area is 161 Å². The van der Waals surface area contributed by atoms with Gasteiger partial charge < -0.3 is 0 Å². The van der Waals surface area contributed by atoms with E-state index in [0.29, 0.717) is 28.5 Å². The number of imidazole rings is 1. The van der Waals surface area contributed by atoms with Gasteiger partial charge in [0.1, 0.15) is 11.6 Å². The zero-order chi connectivity index (χ0) is 18.9. The van der Waals surface area contributed by atoms with Crippen LogP contribution in [0.15, 0.2) is 45.8 Å². The molecule has 0 amide bonds. The Morgan fingerprint density at radius 3 is 2.70 bits per heavy atom. The van der Waals surface area contributed by atoms with Gasteiger partial charge in [0.15, 0.2) is 0 Å². The average Bonchev–Trinajstić information content (AvgIpc) is 2.81. The predicted molar refractivity (Wildman–Crippen MR) is 103 cm³/mol. The first-order chi connectivity index (χ1) is 13.0. The number of pyridine rings is 1. The molecule has 0 saturated carbocycles. The molecule has 0 bridgehead atoms. The van der Waals surface area contributed by atoms with Gasteiger partial charge in [0.2, 0.25) is 0 Å². The van der Waals surface area contributed by atoms with Gasteiger partial charge in [-0.3, -0.25) is 14.1 Å². The Morgan fingerprint density at radius 2 is 1.96 bits per heavy atom. The first-order valence-electron chi connectivity index (χ1n) is 8.56. The van der Waals surface area contributed by atoms with Crippen molar-refractivity contribution < 1.29 is 8.78 Å². The second kappa shape index (κ2) is 5.73. The molecule has 27 heavy (non-hydrogen) atoms. The van der Waals surface area contributed by atoms with Crippen molar-refractivity contribution in [1.82, 2.24) is 14.1 Å². The van der Waals surface area contributed by atoms with E-state index in [1.165, 1.54) is 18.2 Å². The summed E-state index contributed by atoms with van der Waals surface area (Å²) < 4.78 is 31.6. The Kier molecular flexibility index (Phi) is 3.53. The molecule has 0 saturated heterocycles. The summed E-state index contributed by atoms with van der Waals surface area (Å²) in [5, 5.41) is 0.795. The molecule has 2 aromatic carbocycles. The van der Waals surface area contributed by atoms with Crippen molar-refractivity contribution in [2.75, 3.05) is 0 Å². The number of benzene rings is 2. The van der Waals surface area contributed by atoms with E-state index in [1.54, 1.807) is 34.5 Å². The van der Waals surface area contributed by atoms with Gasteiger partial charge in [-0.15, -0.1) is 0 Å². The molecule has 0 radical (unpaired) electrons. The minimum atomic E-state index is -0.381. The third kappa shape index (κ3) is 2.31. The number of hydrogen-bond acceptors (Lipinski definition) is 2. The minimum Gasteiger partial charge on any atom is -0.293 e. The van der Waals surface area contributed by atoms with E-state index in [2.05, 4.69) is 20.9 Å². The van der Waals surface area contributed by atoms with Crippen molar-refractivity contribution in [2.24, 2.45) is 7.05 Å². The third-order valence-electron chi connectivity index (χ3n) is 5.45. The number of nitrogens with zero attached hydrogens (tertiary/aromatic N) is 3. The lowest BCUT2D eigenvalue weighted by Gasteiger charge is -2.17. The summed E-state index contributed by atoms with van der Waals surface area (Å²) in [5.74, 6) is -0.787. The lowest BCUT2D eigenvalue weighted by Crippen LogP contribution is -2.25. The second-order valence-corrected chi connectivity index (χ2v) is 7.73. The lowest BCUT2D eigenvalue weighted by molar-refractivity contribution is 0.549. The SMILES string of the molecule is Cn1c(=O)n2c3c4c(c(Br)c(F)cc4ncc31)CC(c1ccc(F)cc1)C2. The van der Waals surface area contributed by atoms with Crippen LogP contribution in [0, 0.1) is 11.6 Å². The monoisotopic (exact) mass is 429 g/mol. The molecule has 1 unspecified atom stereocenters. The van der Waals surface area contributed by atoms with Gasteiger partial charge in [-0.25, -0.2) is 13.6 Å². The Bertz CT molecular complexity index is 1290. The summed E-state index contributed by atoms with van der Waals surface area (Å²) >= 11 is 3.39. The van der Waals surface area contributed by atoms with Crippen molar-refractivity contribution in [1.29, 1.82) is 0 Å². The normalized spacial score (nSPS) is 16.4. The van der Waals surface area contributed by atoms with Crippen LogP contribution in [0.3, 0.4) is 0 Å². The molecule has 2 aromatic heterocycles. The fourth-order valence-corrected chi connectivity index (χ4v) is 4.57. The maximum Gasteiger partial charge on any atom is 0.328 e. The van der Waals surface area contributed by atoms with Crippen LogP contribution in [0.25, 0.3) is 21.9 Å². The molecule has 5 rings (SSSR count). The fourth-order valence-electron chi connectivity index (χ4n) is 4.10. The van der Waals surface area contributed by atoms with Crippen molar-refractivity contribution in [3.05, 3.63) is 74.2 Å². The Hall–Kier alpha value is -2.54. The predicted octanol–water partition coefficient (Wildman–Crippen LogP) is 4.27. The number of rotatable bonds is 1. The average molecular weight is 430 g/mol. The molecule has 136 valence electrons. The van der Waals surface area contributed by atoms with Crippen LogP contribution in [-0.2, 0) is 20.0 Å².